The van der Waals surface area contributed by atoms with E-state index in [0.29, 0.717) is 0 Å². The van der Waals surface area contributed by atoms with E-state index >= 15 is 0 Å². The summed E-state index contributed by atoms with van der Waals surface area (Å²) in [6.45, 7) is 33.4. The molecule has 1 heteroatoms. The summed E-state index contributed by atoms with van der Waals surface area (Å²) < 4.78 is 0. The molecule has 7 rings (SSSR count). The molecule has 1 spiro atoms. The Balaban J connectivity index is 1.85. The predicted molar refractivity (Wildman–Crippen MR) is 197 cm³/mol. The number of benzene rings is 4. The van der Waals surface area contributed by atoms with E-state index in [1.165, 1.54) is 117 Å². The molecule has 0 unspecified atom stereocenters. The fraction of sp³-hybridized carbons (Fsp3) is 0.409. The molecule has 0 aromatic heterocycles. The lowest BCUT2D eigenvalue weighted by molar-refractivity contribution is 0.522. The Bertz CT molecular complexity index is 1960. The molecule has 4 aromatic carbocycles. The van der Waals surface area contributed by atoms with Crippen LogP contribution >= 0.6 is 11.8 Å². The first-order valence-electron chi connectivity index (χ1n) is 16.9. The van der Waals surface area contributed by atoms with Gasteiger partial charge in [0.15, 0.2) is 0 Å². The molecular weight excluding hydrogens is 561 g/mol. The summed E-state index contributed by atoms with van der Waals surface area (Å²) >= 11 is 1.97. The van der Waals surface area contributed by atoms with Crippen LogP contribution in [0.2, 0.25) is 0 Å². The highest BCUT2D eigenvalue weighted by molar-refractivity contribution is 8.02. The molecule has 3 aliphatic rings. The van der Waals surface area contributed by atoms with Gasteiger partial charge in [0.25, 0.3) is 0 Å². The summed E-state index contributed by atoms with van der Waals surface area (Å²) in [6.07, 6.45) is 5.00. The monoisotopic (exact) mass is 610 g/mol. The van der Waals surface area contributed by atoms with Crippen LogP contribution in [0.15, 0.2) is 28.5 Å². The molecule has 1 heterocycles. The number of rotatable bonds is 0. The van der Waals surface area contributed by atoms with Gasteiger partial charge in [-0.05, 0) is 224 Å². The standard InChI is InChI=1S/C44H50S/c1-21-22(2)28(8)37-36(27(21)7)38-29(9)23(3)25(5)31(11)40(38)44(41-32(12)26(6)24(4)30(10)39(37)41)19-20-45-42-33-17-18-43(13,14)34(33)15-16-35(42)44/h15-16,19-20H,17-18H2,1-14H3. The second kappa shape index (κ2) is 9.74. The summed E-state index contributed by atoms with van der Waals surface area (Å²) in [5, 5.41) is 2.46. The second-order valence-corrected chi connectivity index (χ2v) is 16.2. The third kappa shape index (κ3) is 3.63. The predicted octanol–water partition coefficient (Wildman–Crippen LogP) is 12.2. The van der Waals surface area contributed by atoms with E-state index < -0.39 is 5.41 Å². The lowest BCUT2D eigenvalue weighted by Gasteiger charge is -2.42. The molecular formula is C44H50S. The first-order chi connectivity index (χ1) is 21.1. The highest BCUT2D eigenvalue weighted by atomic mass is 32.2. The van der Waals surface area contributed by atoms with Crippen molar-refractivity contribution >= 4 is 11.8 Å². The zero-order valence-corrected chi connectivity index (χ0v) is 30.9. The van der Waals surface area contributed by atoms with Gasteiger partial charge in [-0.15, -0.1) is 0 Å². The summed E-state index contributed by atoms with van der Waals surface area (Å²) in [5.41, 5.74) is 30.6. The van der Waals surface area contributed by atoms with Gasteiger partial charge in [0.1, 0.15) is 0 Å². The van der Waals surface area contributed by atoms with Crippen LogP contribution in [0, 0.1) is 83.1 Å². The Labute approximate surface area is 276 Å². The number of allylic oxidation sites excluding steroid dienone is 1. The first-order valence-corrected chi connectivity index (χ1v) is 17.8. The third-order valence-electron chi connectivity index (χ3n) is 13.3. The lowest BCUT2D eigenvalue weighted by Crippen LogP contribution is -2.33. The van der Waals surface area contributed by atoms with Crippen molar-refractivity contribution in [3.05, 3.63) is 118 Å². The molecule has 2 aliphatic carbocycles. The smallest absolute Gasteiger partial charge is 0.0668 e. The van der Waals surface area contributed by atoms with Crippen LogP contribution in [0.1, 0.15) is 115 Å². The molecule has 4 aromatic rings. The summed E-state index contributed by atoms with van der Waals surface area (Å²) in [4.78, 5) is 1.51. The quantitative estimate of drug-likeness (QED) is 0.191. The first kappa shape index (κ1) is 30.6. The number of hydrogen-bond donors (Lipinski definition) is 0. The van der Waals surface area contributed by atoms with Gasteiger partial charge in [-0.2, -0.15) is 0 Å². The number of thioether (sulfide) groups is 1. The van der Waals surface area contributed by atoms with E-state index in [2.05, 4.69) is 121 Å². The van der Waals surface area contributed by atoms with Gasteiger partial charge in [0.05, 0.1) is 5.41 Å². The highest BCUT2D eigenvalue weighted by Crippen LogP contribution is 2.62. The molecule has 232 valence electrons. The van der Waals surface area contributed by atoms with Crippen LogP contribution < -0.4 is 0 Å². The van der Waals surface area contributed by atoms with Crippen molar-refractivity contribution in [2.75, 3.05) is 0 Å². The fourth-order valence-electron chi connectivity index (χ4n) is 9.56. The van der Waals surface area contributed by atoms with Crippen molar-refractivity contribution in [1.29, 1.82) is 0 Å². The number of fused-ring (bicyclic) bond motifs is 11. The van der Waals surface area contributed by atoms with E-state index in [1.807, 2.05) is 11.8 Å². The van der Waals surface area contributed by atoms with Crippen LogP contribution in [-0.2, 0) is 17.3 Å². The molecule has 0 saturated carbocycles. The van der Waals surface area contributed by atoms with Crippen LogP contribution in [-0.4, -0.2) is 0 Å². The van der Waals surface area contributed by atoms with Crippen molar-refractivity contribution in [3.63, 3.8) is 0 Å². The third-order valence-corrected chi connectivity index (χ3v) is 14.2. The maximum atomic E-state index is 2.61. The minimum Gasteiger partial charge on any atom is -0.0977 e. The molecule has 0 fully saturated rings. The van der Waals surface area contributed by atoms with Crippen LogP contribution in [0.3, 0.4) is 0 Å². The second-order valence-electron chi connectivity index (χ2n) is 15.3. The minimum atomic E-state index is -0.396. The van der Waals surface area contributed by atoms with Crippen molar-refractivity contribution in [2.24, 2.45) is 0 Å². The van der Waals surface area contributed by atoms with Gasteiger partial charge >= 0.3 is 0 Å². The van der Waals surface area contributed by atoms with Gasteiger partial charge in [0, 0.05) is 4.90 Å². The Morgan fingerprint density at radius 3 is 1.36 bits per heavy atom. The zero-order valence-electron chi connectivity index (χ0n) is 30.1. The van der Waals surface area contributed by atoms with E-state index in [-0.39, 0.29) is 5.41 Å². The number of hydrogen-bond acceptors (Lipinski definition) is 1. The fourth-order valence-corrected chi connectivity index (χ4v) is 10.7. The highest BCUT2D eigenvalue weighted by Gasteiger charge is 2.49. The Hall–Kier alpha value is -3.03. The lowest BCUT2D eigenvalue weighted by atomic mass is 9.62. The van der Waals surface area contributed by atoms with Gasteiger partial charge in [-0.3, -0.25) is 0 Å². The normalized spacial score (nSPS) is 16.7. The molecule has 0 N–H and O–H groups in total. The van der Waals surface area contributed by atoms with E-state index in [1.54, 1.807) is 11.1 Å². The summed E-state index contributed by atoms with van der Waals surface area (Å²) in [6, 6.07) is 5.06. The van der Waals surface area contributed by atoms with Crippen LogP contribution in [0.25, 0.3) is 22.3 Å². The van der Waals surface area contributed by atoms with Gasteiger partial charge in [-0.1, -0.05) is 43.8 Å². The van der Waals surface area contributed by atoms with Crippen LogP contribution in [0.5, 0.6) is 0 Å². The Morgan fingerprint density at radius 1 is 0.489 bits per heavy atom. The van der Waals surface area contributed by atoms with Crippen LogP contribution in [0.4, 0.5) is 0 Å². The van der Waals surface area contributed by atoms with E-state index in [4.69, 9.17) is 0 Å². The molecule has 0 saturated heterocycles. The molecule has 1 aliphatic heterocycles. The van der Waals surface area contributed by atoms with Crippen molar-refractivity contribution < 1.29 is 0 Å². The molecule has 45 heavy (non-hydrogen) atoms. The topological polar surface area (TPSA) is 0 Å². The maximum absolute atomic E-state index is 2.61. The molecule has 0 bridgehead atoms. The largest absolute Gasteiger partial charge is 0.0977 e. The minimum absolute atomic E-state index is 0.221. The van der Waals surface area contributed by atoms with Gasteiger partial charge < -0.3 is 0 Å². The summed E-state index contributed by atoms with van der Waals surface area (Å²) in [7, 11) is 0. The molecule has 0 radical (unpaired) electrons. The summed E-state index contributed by atoms with van der Waals surface area (Å²) in [5.74, 6) is 0. The Morgan fingerprint density at radius 2 is 0.889 bits per heavy atom. The van der Waals surface area contributed by atoms with Crippen molar-refractivity contribution in [2.45, 2.75) is 125 Å². The molecule has 0 atom stereocenters. The van der Waals surface area contributed by atoms with Crippen molar-refractivity contribution in [3.8, 4) is 22.3 Å². The average Bonchev–Trinajstić information content (AvgIpc) is 3.27. The molecule has 0 amide bonds. The zero-order chi connectivity index (χ0) is 32.7. The van der Waals surface area contributed by atoms with E-state index in [9.17, 15) is 0 Å². The van der Waals surface area contributed by atoms with Crippen molar-refractivity contribution in [1.82, 2.24) is 0 Å². The SMILES string of the molecule is Cc1c(C)c(C)c2c(c1C)-c1c(C)c(C)c(C)c(C)c1C1(C=CSc3c1ccc1c3CCC1(C)C)c1c(C)c(C)c(C)c(C)c1-2. The Kier molecular flexibility index (Phi) is 6.63. The average molecular weight is 611 g/mol. The molecule has 0 nitrogen and oxygen atoms in total. The maximum Gasteiger partial charge on any atom is 0.0668 e. The van der Waals surface area contributed by atoms with E-state index in [0.717, 1.165) is 6.42 Å². The van der Waals surface area contributed by atoms with Gasteiger partial charge in [-0.25, -0.2) is 0 Å². The van der Waals surface area contributed by atoms with Gasteiger partial charge in [0.2, 0.25) is 0 Å².